The SMILES string of the molecule is O=C(CCNS(=O)(=O)c1ccc([N+](=O)[O-])cc1)Nc1cc(F)cc(F)c1. The fraction of sp³-hybridized carbons (Fsp3) is 0.133. The molecule has 0 fully saturated rings. The molecule has 26 heavy (non-hydrogen) atoms. The summed E-state index contributed by atoms with van der Waals surface area (Å²) in [6.07, 6.45) is -0.287. The Morgan fingerprint density at radius 1 is 1.08 bits per heavy atom. The molecular formula is C15H13F2N3O5S. The Balaban J connectivity index is 1.91. The van der Waals surface area contributed by atoms with Crippen LogP contribution in [0.15, 0.2) is 47.4 Å². The van der Waals surface area contributed by atoms with Crippen molar-refractivity contribution in [3.05, 3.63) is 64.2 Å². The van der Waals surface area contributed by atoms with Gasteiger partial charge in [-0.2, -0.15) is 0 Å². The molecule has 0 aliphatic heterocycles. The Hall–Kier alpha value is -2.92. The first kappa shape index (κ1) is 19.4. The van der Waals surface area contributed by atoms with Gasteiger partial charge in [0, 0.05) is 36.9 Å². The van der Waals surface area contributed by atoms with Crippen molar-refractivity contribution in [1.29, 1.82) is 0 Å². The third-order valence-corrected chi connectivity index (χ3v) is 4.63. The maximum Gasteiger partial charge on any atom is 0.269 e. The maximum atomic E-state index is 13.0. The molecule has 0 aliphatic carbocycles. The van der Waals surface area contributed by atoms with Crippen LogP contribution in [-0.2, 0) is 14.8 Å². The van der Waals surface area contributed by atoms with Crippen molar-refractivity contribution in [3.63, 3.8) is 0 Å². The molecule has 0 atom stereocenters. The van der Waals surface area contributed by atoms with Crippen LogP contribution in [0.4, 0.5) is 20.2 Å². The zero-order chi connectivity index (χ0) is 19.3. The number of nitro benzene ring substituents is 1. The molecule has 2 aromatic rings. The molecule has 138 valence electrons. The summed E-state index contributed by atoms with van der Waals surface area (Å²) in [6.45, 7) is -0.275. The van der Waals surface area contributed by atoms with Crippen LogP contribution in [0, 0.1) is 21.7 Å². The number of hydrogen-bond donors (Lipinski definition) is 2. The molecule has 0 heterocycles. The molecule has 0 saturated heterocycles. The third kappa shape index (κ3) is 5.29. The highest BCUT2D eigenvalue weighted by atomic mass is 32.2. The van der Waals surface area contributed by atoms with Crippen LogP contribution in [0.1, 0.15) is 6.42 Å². The molecule has 8 nitrogen and oxygen atoms in total. The number of anilines is 1. The van der Waals surface area contributed by atoms with Crippen molar-refractivity contribution in [2.45, 2.75) is 11.3 Å². The number of carbonyl (C=O) groups is 1. The predicted molar refractivity (Wildman–Crippen MR) is 87.9 cm³/mol. The molecule has 0 radical (unpaired) electrons. The number of benzene rings is 2. The number of rotatable bonds is 7. The average Bonchev–Trinajstić information content (AvgIpc) is 2.53. The Bertz CT molecular complexity index is 913. The van der Waals surface area contributed by atoms with Gasteiger partial charge in [-0.15, -0.1) is 0 Å². The lowest BCUT2D eigenvalue weighted by Gasteiger charge is -2.08. The summed E-state index contributed by atoms with van der Waals surface area (Å²) in [5.74, 6) is -2.38. The zero-order valence-electron chi connectivity index (χ0n) is 13.1. The van der Waals surface area contributed by atoms with E-state index in [1.54, 1.807) is 0 Å². The van der Waals surface area contributed by atoms with E-state index in [9.17, 15) is 32.1 Å². The summed E-state index contributed by atoms with van der Waals surface area (Å²) in [7, 11) is -3.96. The topological polar surface area (TPSA) is 118 Å². The van der Waals surface area contributed by atoms with Crippen molar-refractivity contribution < 1.29 is 26.9 Å². The number of sulfonamides is 1. The third-order valence-electron chi connectivity index (χ3n) is 3.15. The lowest BCUT2D eigenvalue weighted by Crippen LogP contribution is -2.27. The number of carbonyl (C=O) groups excluding carboxylic acids is 1. The standard InChI is InChI=1S/C15H13F2N3O5S/c16-10-7-11(17)9-12(8-10)19-15(21)5-6-18-26(24,25)14-3-1-13(2-4-14)20(22)23/h1-4,7-9,18H,5-6H2,(H,19,21). The van der Waals surface area contributed by atoms with E-state index in [0.29, 0.717) is 6.07 Å². The monoisotopic (exact) mass is 385 g/mol. The van der Waals surface area contributed by atoms with Crippen LogP contribution in [-0.4, -0.2) is 25.8 Å². The van der Waals surface area contributed by atoms with Gasteiger partial charge in [0.25, 0.3) is 5.69 Å². The molecule has 11 heteroatoms. The van der Waals surface area contributed by atoms with Crippen LogP contribution in [0.5, 0.6) is 0 Å². The summed E-state index contributed by atoms with van der Waals surface area (Å²) in [5, 5.41) is 12.8. The molecule has 2 rings (SSSR count). The number of nitrogens with zero attached hydrogens (tertiary/aromatic N) is 1. The van der Waals surface area contributed by atoms with E-state index in [1.165, 1.54) is 0 Å². The molecule has 1 amide bonds. The van der Waals surface area contributed by atoms with Gasteiger partial charge in [-0.3, -0.25) is 14.9 Å². The smallest absolute Gasteiger partial charge is 0.269 e. The molecule has 0 unspecified atom stereocenters. The van der Waals surface area contributed by atoms with E-state index in [4.69, 9.17) is 0 Å². The van der Waals surface area contributed by atoms with E-state index >= 15 is 0 Å². The van der Waals surface area contributed by atoms with Crippen LogP contribution in [0.25, 0.3) is 0 Å². The largest absolute Gasteiger partial charge is 0.326 e. The zero-order valence-corrected chi connectivity index (χ0v) is 13.9. The fourth-order valence-electron chi connectivity index (χ4n) is 1.98. The molecule has 0 aromatic heterocycles. The highest BCUT2D eigenvalue weighted by molar-refractivity contribution is 7.89. The van der Waals surface area contributed by atoms with Gasteiger partial charge in [-0.1, -0.05) is 0 Å². The molecular weight excluding hydrogens is 372 g/mol. The van der Waals surface area contributed by atoms with Gasteiger partial charge < -0.3 is 5.32 Å². The highest BCUT2D eigenvalue weighted by Crippen LogP contribution is 2.16. The number of nitrogens with one attached hydrogen (secondary N) is 2. The van der Waals surface area contributed by atoms with Gasteiger partial charge in [-0.05, 0) is 24.3 Å². The minimum atomic E-state index is -3.96. The molecule has 2 aromatic carbocycles. The first-order valence-electron chi connectivity index (χ1n) is 7.17. The van der Waals surface area contributed by atoms with Crippen molar-refractivity contribution >= 4 is 27.3 Å². The van der Waals surface area contributed by atoms with Crippen LogP contribution in [0.3, 0.4) is 0 Å². The maximum absolute atomic E-state index is 13.0. The Morgan fingerprint density at radius 2 is 1.65 bits per heavy atom. The van der Waals surface area contributed by atoms with Crippen LogP contribution in [0.2, 0.25) is 0 Å². The quantitative estimate of drug-likeness (QED) is 0.559. The minimum absolute atomic E-state index is 0.0919. The number of halogens is 2. The summed E-state index contributed by atoms with van der Waals surface area (Å²) >= 11 is 0. The van der Waals surface area contributed by atoms with Crippen molar-refractivity contribution in [2.24, 2.45) is 0 Å². The minimum Gasteiger partial charge on any atom is -0.326 e. The summed E-state index contributed by atoms with van der Waals surface area (Å²) in [4.78, 5) is 21.4. The van der Waals surface area contributed by atoms with E-state index in [2.05, 4.69) is 10.0 Å². The van der Waals surface area contributed by atoms with Crippen molar-refractivity contribution in [2.75, 3.05) is 11.9 Å². The summed E-state index contributed by atoms with van der Waals surface area (Å²) in [6, 6.07) is 6.70. The number of hydrogen-bond acceptors (Lipinski definition) is 5. The second kappa shape index (κ2) is 7.97. The van der Waals surface area contributed by atoms with Crippen molar-refractivity contribution in [3.8, 4) is 0 Å². The fourth-order valence-corrected chi connectivity index (χ4v) is 3.01. The first-order valence-corrected chi connectivity index (χ1v) is 8.66. The Kier molecular flexibility index (Phi) is 5.95. The van der Waals surface area contributed by atoms with Gasteiger partial charge in [0.15, 0.2) is 0 Å². The first-order chi connectivity index (χ1) is 12.2. The van der Waals surface area contributed by atoms with Gasteiger partial charge in [0.2, 0.25) is 15.9 Å². The average molecular weight is 385 g/mol. The van der Waals surface area contributed by atoms with Crippen LogP contribution < -0.4 is 10.0 Å². The van der Waals surface area contributed by atoms with Gasteiger partial charge in [0.05, 0.1) is 9.82 Å². The molecule has 2 N–H and O–H groups in total. The van der Waals surface area contributed by atoms with E-state index in [-0.39, 0.29) is 29.2 Å². The Morgan fingerprint density at radius 3 is 2.19 bits per heavy atom. The van der Waals surface area contributed by atoms with Gasteiger partial charge >= 0.3 is 0 Å². The lowest BCUT2D eigenvalue weighted by molar-refractivity contribution is -0.384. The van der Waals surface area contributed by atoms with E-state index in [0.717, 1.165) is 36.4 Å². The lowest BCUT2D eigenvalue weighted by atomic mass is 10.3. The number of amides is 1. The second-order valence-corrected chi connectivity index (χ2v) is 6.87. The molecule has 0 bridgehead atoms. The van der Waals surface area contributed by atoms with Gasteiger partial charge in [-0.25, -0.2) is 21.9 Å². The molecule has 0 saturated carbocycles. The highest BCUT2D eigenvalue weighted by Gasteiger charge is 2.16. The molecule has 0 spiro atoms. The van der Waals surface area contributed by atoms with Gasteiger partial charge in [0.1, 0.15) is 11.6 Å². The normalized spacial score (nSPS) is 11.2. The van der Waals surface area contributed by atoms with E-state index in [1.807, 2.05) is 0 Å². The van der Waals surface area contributed by atoms with E-state index < -0.39 is 32.5 Å². The second-order valence-electron chi connectivity index (χ2n) is 5.11. The molecule has 0 aliphatic rings. The number of non-ortho nitro benzene ring substituents is 1. The Labute approximate surface area is 147 Å². The summed E-state index contributed by atoms with van der Waals surface area (Å²) in [5.41, 5.74) is -0.351. The van der Waals surface area contributed by atoms with Crippen LogP contribution >= 0.6 is 0 Å². The predicted octanol–water partition coefficient (Wildman–Crippen LogP) is 2.18. The van der Waals surface area contributed by atoms with Crippen molar-refractivity contribution in [1.82, 2.24) is 4.72 Å². The number of nitro groups is 1. The summed E-state index contributed by atoms with van der Waals surface area (Å²) < 4.78 is 52.3.